The fourth-order valence-electron chi connectivity index (χ4n) is 1.53. The molecule has 0 spiro atoms. The number of phenolic OH excluding ortho intramolecular Hbond substituents is 1. The summed E-state index contributed by atoms with van der Waals surface area (Å²) >= 11 is 0. The third-order valence-corrected chi connectivity index (χ3v) is 2.48. The van der Waals surface area contributed by atoms with Crippen LogP contribution in [0.3, 0.4) is 0 Å². The number of hydrogen-bond donors (Lipinski definition) is 4. The Balaban J connectivity index is 2.83. The van der Waals surface area contributed by atoms with Crippen LogP contribution in [0.2, 0.25) is 0 Å². The molecule has 0 radical (unpaired) electrons. The van der Waals surface area contributed by atoms with E-state index in [0.717, 1.165) is 0 Å². The lowest BCUT2D eigenvalue weighted by molar-refractivity contribution is -0.139. The van der Waals surface area contributed by atoms with Crippen LogP contribution in [0.1, 0.15) is 22.3 Å². The summed E-state index contributed by atoms with van der Waals surface area (Å²) in [6.45, 7) is 1.31. The monoisotopic (exact) mass is 253 g/mol. The average Bonchev–Trinajstić information content (AvgIpc) is 2.27. The summed E-state index contributed by atoms with van der Waals surface area (Å²) in [7, 11) is 0. The molecule has 0 aliphatic rings. The molecule has 0 aromatic heterocycles. The van der Waals surface area contributed by atoms with Crippen LogP contribution in [-0.2, 0) is 4.79 Å². The van der Waals surface area contributed by atoms with Crippen molar-refractivity contribution in [2.24, 2.45) is 0 Å². The Morgan fingerprint density at radius 2 is 2.06 bits per heavy atom. The summed E-state index contributed by atoms with van der Waals surface area (Å²) in [6.07, 6.45) is -0.0573. The Hall–Kier alpha value is -2.08. The van der Waals surface area contributed by atoms with E-state index in [1.165, 1.54) is 18.2 Å². The second-order valence-electron chi connectivity index (χ2n) is 3.88. The number of benzene rings is 1. The number of carbonyl (C=O) groups excluding carboxylic acids is 1. The summed E-state index contributed by atoms with van der Waals surface area (Å²) in [4.78, 5) is 22.7. The molecule has 6 heteroatoms. The van der Waals surface area contributed by atoms with Gasteiger partial charge in [0.25, 0.3) is 5.91 Å². The van der Waals surface area contributed by atoms with Gasteiger partial charge in [0, 0.05) is 18.6 Å². The van der Waals surface area contributed by atoms with Crippen molar-refractivity contribution in [1.82, 2.24) is 5.32 Å². The minimum Gasteiger partial charge on any atom is -0.508 e. The molecule has 0 unspecified atom stereocenters. The number of aliphatic hydroxyl groups excluding tert-OH is 1. The molecular formula is C12H15NO5. The molecular weight excluding hydrogens is 238 g/mol. The normalized spacial score (nSPS) is 11.9. The van der Waals surface area contributed by atoms with Crippen molar-refractivity contribution in [3.63, 3.8) is 0 Å². The van der Waals surface area contributed by atoms with E-state index in [0.29, 0.717) is 5.56 Å². The van der Waals surface area contributed by atoms with Crippen LogP contribution in [0.25, 0.3) is 0 Å². The van der Waals surface area contributed by atoms with Gasteiger partial charge in [-0.3, -0.25) is 4.79 Å². The van der Waals surface area contributed by atoms with Crippen molar-refractivity contribution < 1.29 is 24.9 Å². The van der Waals surface area contributed by atoms with Crippen LogP contribution in [0.4, 0.5) is 0 Å². The standard InChI is InChI=1S/C12H15NO5/c1-7-6-8(15)2-3-9(7)11(16)13-10(4-5-14)12(17)18/h2-3,6,10,14-15H,4-5H2,1H3,(H,13,16)(H,17,18)/t10-/m1/s1. The number of aromatic hydroxyl groups is 1. The SMILES string of the molecule is Cc1cc(O)ccc1C(=O)N[C@H](CCO)C(=O)O. The highest BCUT2D eigenvalue weighted by Gasteiger charge is 2.20. The smallest absolute Gasteiger partial charge is 0.326 e. The van der Waals surface area contributed by atoms with Gasteiger partial charge in [-0.05, 0) is 30.7 Å². The van der Waals surface area contributed by atoms with E-state index in [2.05, 4.69) is 5.32 Å². The Morgan fingerprint density at radius 1 is 1.39 bits per heavy atom. The Kier molecular flexibility index (Phi) is 4.67. The predicted molar refractivity (Wildman–Crippen MR) is 63.4 cm³/mol. The van der Waals surface area contributed by atoms with Crippen molar-refractivity contribution in [2.75, 3.05) is 6.61 Å². The number of rotatable bonds is 5. The summed E-state index contributed by atoms with van der Waals surface area (Å²) in [5, 5.41) is 29.1. The van der Waals surface area contributed by atoms with Gasteiger partial charge in [-0.25, -0.2) is 4.79 Å². The van der Waals surface area contributed by atoms with Crippen molar-refractivity contribution >= 4 is 11.9 Å². The topological polar surface area (TPSA) is 107 Å². The van der Waals surface area contributed by atoms with Crippen molar-refractivity contribution in [3.8, 4) is 5.75 Å². The van der Waals surface area contributed by atoms with E-state index < -0.39 is 17.9 Å². The average molecular weight is 253 g/mol. The van der Waals surface area contributed by atoms with Crippen LogP contribution in [0.5, 0.6) is 5.75 Å². The van der Waals surface area contributed by atoms with Gasteiger partial charge in [0.1, 0.15) is 11.8 Å². The van der Waals surface area contributed by atoms with E-state index in [1.54, 1.807) is 6.92 Å². The number of carboxylic acids is 1. The van der Waals surface area contributed by atoms with Crippen LogP contribution >= 0.6 is 0 Å². The molecule has 1 amide bonds. The first-order valence-electron chi connectivity index (χ1n) is 5.40. The highest BCUT2D eigenvalue weighted by Crippen LogP contribution is 2.15. The maximum absolute atomic E-state index is 11.8. The zero-order chi connectivity index (χ0) is 13.7. The number of hydrogen-bond acceptors (Lipinski definition) is 4. The zero-order valence-corrected chi connectivity index (χ0v) is 9.88. The quantitative estimate of drug-likeness (QED) is 0.602. The highest BCUT2D eigenvalue weighted by molar-refractivity contribution is 5.97. The Morgan fingerprint density at radius 3 is 2.56 bits per heavy atom. The number of carboxylic acid groups (broad SMARTS) is 1. The number of aryl methyl sites for hydroxylation is 1. The van der Waals surface area contributed by atoms with Gasteiger partial charge in [-0.15, -0.1) is 0 Å². The third kappa shape index (κ3) is 3.46. The molecule has 98 valence electrons. The summed E-state index contributed by atoms with van der Waals surface area (Å²) in [5.74, 6) is -1.71. The maximum Gasteiger partial charge on any atom is 0.326 e. The number of aliphatic carboxylic acids is 1. The van der Waals surface area contributed by atoms with Crippen LogP contribution < -0.4 is 5.32 Å². The van der Waals surface area contributed by atoms with Gasteiger partial charge >= 0.3 is 5.97 Å². The first-order chi connectivity index (χ1) is 8.45. The van der Waals surface area contributed by atoms with E-state index in [9.17, 15) is 14.7 Å². The molecule has 4 N–H and O–H groups in total. The molecule has 0 saturated heterocycles. The molecule has 1 atom stereocenters. The fraction of sp³-hybridized carbons (Fsp3) is 0.333. The summed E-state index contributed by atoms with van der Waals surface area (Å²) < 4.78 is 0. The largest absolute Gasteiger partial charge is 0.508 e. The van der Waals surface area contributed by atoms with E-state index in [1.807, 2.05) is 0 Å². The van der Waals surface area contributed by atoms with Crippen molar-refractivity contribution in [3.05, 3.63) is 29.3 Å². The van der Waals surface area contributed by atoms with Crippen LogP contribution in [-0.4, -0.2) is 39.8 Å². The zero-order valence-electron chi connectivity index (χ0n) is 9.88. The number of amides is 1. The molecule has 1 rings (SSSR count). The number of carbonyl (C=O) groups is 2. The van der Waals surface area contributed by atoms with E-state index in [-0.39, 0.29) is 24.3 Å². The second-order valence-corrected chi connectivity index (χ2v) is 3.88. The Bertz CT molecular complexity index is 458. The minimum absolute atomic E-state index is 0.0363. The van der Waals surface area contributed by atoms with E-state index >= 15 is 0 Å². The number of aliphatic hydroxyl groups is 1. The van der Waals surface area contributed by atoms with Crippen molar-refractivity contribution in [2.45, 2.75) is 19.4 Å². The molecule has 6 nitrogen and oxygen atoms in total. The highest BCUT2D eigenvalue weighted by atomic mass is 16.4. The lowest BCUT2D eigenvalue weighted by Crippen LogP contribution is -2.41. The molecule has 0 bridgehead atoms. The molecule has 0 aliphatic heterocycles. The molecule has 0 heterocycles. The fourth-order valence-corrected chi connectivity index (χ4v) is 1.53. The number of nitrogens with one attached hydrogen (secondary N) is 1. The van der Waals surface area contributed by atoms with Gasteiger partial charge in [0.15, 0.2) is 0 Å². The van der Waals surface area contributed by atoms with Crippen LogP contribution in [0.15, 0.2) is 18.2 Å². The second kappa shape index (κ2) is 6.02. The molecule has 0 aliphatic carbocycles. The van der Waals surface area contributed by atoms with Crippen molar-refractivity contribution in [1.29, 1.82) is 0 Å². The summed E-state index contributed by atoms with van der Waals surface area (Å²) in [5.41, 5.74) is 0.831. The minimum atomic E-state index is -1.20. The van der Waals surface area contributed by atoms with Crippen LogP contribution in [0, 0.1) is 6.92 Å². The lowest BCUT2D eigenvalue weighted by Gasteiger charge is -2.14. The number of phenols is 1. The molecule has 18 heavy (non-hydrogen) atoms. The first-order valence-corrected chi connectivity index (χ1v) is 5.40. The van der Waals surface area contributed by atoms with Gasteiger partial charge < -0.3 is 20.6 Å². The van der Waals surface area contributed by atoms with E-state index in [4.69, 9.17) is 10.2 Å². The third-order valence-electron chi connectivity index (χ3n) is 2.48. The molecule has 1 aromatic carbocycles. The molecule has 1 aromatic rings. The maximum atomic E-state index is 11.8. The van der Waals surface area contributed by atoms with Gasteiger partial charge in [0.05, 0.1) is 0 Å². The van der Waals surface area contributed by atoms with Gasteiger partial charge in [0.2, 0.25) is 0 Å². The summed E-state index contributed by atoms with van der Waals surface area (Å²) in [6, 6.07) is 3.05. The lowest BCUT2D eigenvalue weighted by atomic mass is 10.1. The van der Waals surface area contributed by atoms with Gasteiger partial charge in [-0.2, -0.15) is 0 Å². The predicted octanol–water partition coefficient (Wildman–Crippen LogP) is 0.266. The first kappa shape index (κ1) is 14.0. The van der Waals surface area contributed by atoms with Gasteiger partial charge in [-0.1, -0.05) is 0 Å². The molecule has 0 fully saturated rings. The Labute approximate surface area is 104 Å². The molecule has 0 saturated carbocycles.